The average Bonchev–Trinajstić information content (AvgIpc) is 3.33. The number of methoxy groups -OCH3 is 1. The van der Waals surface area contributed by atoms with Gasteiger partial charge in [0.15, 0.2) is 18.2 Å². The number of hydrogen-bond acceptors (Lipinski definition) is 7. The molecule has 1 amide bonds. The van der Waals surface area contributed by atoms with Crippen LogP contribution in [-0.2, 0) is 23.7 Å². The summed E-state index contributed by atoms with van der Waals surface area (Å²) in [7, 11) is 1.46. The molecule has 0 spiro atoms. The second kappa shape index (κ2) is 9.79. The molecule has 0 saturated carbocycles. The van der Waals surface area contributed by atoms with Gasteiger partial charge in [-0.3, -0.25) is 4.79 Å². The topological polar surface area (TPSA) is 92.3 Å². The molecule has 33 heavy (non-hydrogen) atoms. The first-order valence-electron chi connectivity index (χ1n) is 10.6. The molecule has 2 aliphatic rings. The molecular weight excluding hydrogens is 450 g/mol. The van der Waals surface area contributed by atoms with Gasteiger partial charge in [0.2, 0.25) is 0 Å². The number of esters is 1. The molecule has 2 heterocycles. The molecule has 5 atom stereocenters. The highest BCUT2D eigenvalue weighted by Gasteiger charge is 2.54. The minimum absolute atomic E-state index is 0.235. The van der Waals surface area contributed by atoms with Gasteiger partial charge < -0.3 is 29.0 Å². The molecule has 176 valence electrons. The molecule has 2 aliphatic heterocycles. The van der Waals surface area contributed by atoms with E-state index in [-0.39, 0.29) is 18.1 Å². The van der Waals surface area contributed by atoms with Crippen molar-refractivity contribution in [2.45, 2.75) is 50.3 Å². The van der Waals surface area contributed by atoms with E-state index in [1.54, 1.807) is 56.3 Å². The molecule has 0 aromatic heterocycles. The average molecular weight is 476 g/mol. The summed E-state index contributed by atoms with van der Waals surface area (Å²) in [6.07, 6.45) is -3.04. The molecule has 4 rings (SSSR count). The van der Waals surface area contributed by atoms with Crippen molar-refractivity contribution in [3.63, 3.8) is 0 Å². The summed E-state index contributed by atoms with van der Waals surface area (Å²) in [5.74, 6) is -1.77. The lowest BCUT2D eigenvalue weighted by molar-refractivity contribution is -0.180. The van der Waals surface area contributed by atoms with Gasteiger partial charge in [-0.2, -0.15) is 0 Å². The van der Waals surface area contributed by atoms with Crippen LogP contribution in [0.4, 0.5) is 0 Å². The van der Waals surface area contributed by atoms with E-state index in [4.69, 9.17) is 35.3 Å². The van der Waals surface area contributed by atoms with Crippen molar-refractivity contribution in [3.8, 4) is 0 Å². The maximum atomic E-state index is 13.0. The van der Waals surface area contributed by atoms with E-state index < -0.39 is 42.4 Å². The van der Waals surface area contributed by atoms with Crippen LogP contribution in [-0.4, -0.2) is 62.0 Å². The van der Waals surface area contributed by atoms with E-state index in [1.165, 1.54) is 13.2 Å². The van der Waals surface area contributed by atoms with Crippen LogP contribution in [0.2, 0.25) is 5.02 Å². The number of amides is 1. The fourth-order valence-corrected chi connectivity index (χ4v) is 4.17. The van der Waals surface area contributed by atoms with Crippen molar-refractivity contribution < 1.29 is 33.3 Å². The Balaban J connectivity index is 1.61. The molecule has 0 bridgehead atoms. The highest BCUT2D eigenvalue weighted by atomic mass is 35.5. The zero-order valence-corrected chi connectivity index (χ0v) is 19.3. The van der Waals surface area contributed by atoms with Gasteiger partial charge in [-0.05, 0) is 44.2 Å². The Labute approximate surface area is 197 Å². The Kier molecular flexibility index (Phi) is 7.02. The highest BCUT2D eigenvalue weighted by molar-refractivity contribution is 6.30. The van der Waals surface area contributed by atoms with Gasteiger partial charge in [0.1, 0.15) is 18.2 Å². The monoisotopic (exact) mass is 475 g/mol. The van der Waals surface area contributed by atoms with Crippen molar-refractivity contribution in [2.24, 2.45) is 0 Å². The summed E-state index contributed by atoms with van der Waals surface area (Å²) in [4.78, 5) is 25.9. The molecule has 0 aliphatic carbocycles. The first-order valence-corrected chi connectivity index (χ1v) is 11.0. The summed E-state index contributed by atoms with van der Waals surface area (Å²) in [5.41, 5.74) is 0.733. The quantitative estimate of drug-likeness (QED) is 0.641. The van der Waals surface area contributed by atoms with Crippen LogP contribution < -0.4 is 5.32 Å². The molecule has 0 unspecified atom stereocenters. The number of halogens is 1. The number of hydrogen-bond donors (Lipinski definition) is 1. The SMILES string of the molecule is CO[C@H]1O[C@H]([C@H]2COC(C)(C)O2)[C@@H](OC(=O)c2cccc(Cl)c2)[C@@H]1NC(=O)c1ccccc1. The second-order valence-corrected chi connectivity index (χ2v) is 8.75. The zero-order valence-electron chi connectivity index (χ0n) is 18.5. The van der Waals surface area contributed by atoms with Crippen molar-refractivity contribution in [1.82, 2.24) is 5.32 Å². The zero-order chi connectivity index (χ0) is 23.6. The van der Waals surface area contributed by atoms with Crippen LogP contribution in [0, 0.1) is 0 Å². The highest BCUT2D eigenvalue weighted by Crippen LogP contribution is 2.34. The fourth-order valence-electron chi connectivity index (χ4n) is 3.98. The first kappa shape index (κ1) is 23.7. The van der Waals surface area contributed by atoms with Crippen LogP contribution in [0.1, 0.15) is 34.6 Å². The largest absolute Gasteiger partial charge is 0.453 e. The van der Waals surface area contributed by atoms with Gasteiger partial charge in [0.05, 0.1) is 12.2 Å². The van der Waals surface area contributed by atoms with E-state index in [9.17, 15) is 9.59 Å². The molecule has 0 radical (unpaired) electrons. The van der Waals surface area contributed by atoms with E-state index in [0.29, 0.717) is 10.6 Å². The fraction of sp³-hybridized carbons (Fsp3) is 0.417. The van der Waals surface area contributed by atoms with Crippen molar-refractivity contribution in [3.05, 3.63) is 70.7 Å². The minimum atomic E-state index is -0.906. The maximum Gasteiger partial charge on any atom is 0.338 e. The number of carbonyl (C=O) groups excluding carboxylic acids is 2. The van der Waals surface area contributed by atoms with Crippen LogP contribution >= 0.6 is 11.6 Å². The molecule has 1 N–H and O–H groups in total. The third kappa shape index (κ3) is 5.37. The number of nitrogens with one attached hydrogen (secondary N) is 1. The molecule has 2 aromatic rings. The van der Waals surface area contributed by atoms with Crippen LogP contribution in [0.25, 0.3) is 0 Å². The third-order valence-electron chi connectivity index (χ3n) is 5.53. The molecule has 2 fully saturated rings. The van der Waals surface area contributed by atoms with Gasteiger partial charge in [-0.15, -0.1) is 0 Å². The van der Waals surface area contributed by atoms with Crippen molar-refractivity contribution >= 4 is 23.5 Å². The molecule has 2 aromatic carbocycles. The predicted octanol–water partition coefficient (Wildman–Crippen LogP) is 3.19. The van der Waals surface area contributed by atoms with Gasteiger partial charge in [-0.25, -0.2) is 4.79 Å². The molecule has 2 saturated heterocycles. The van der Waals surface area contributed by atoms with Crippen molar-refractivity contribution in [1.29, 1.82) is 0 Å². The Bertz CT molecular complexity index is 999. The lowest BCUT2D eigenvalue weighted by atomic mass is 10.0. The van der Waals surface area contributed by atoms with E-state index in [1.807, 2.05) is 6.07 Å². The van der Waals surface area contributed by atoms with Crippen LogP contribution in [0.15, 0.2) is 54.6 Å². The van der Waals surface area contributed by atoms with Gasteiger partial charge >= 0.3 is 5.97 Å². The molecular formula is C24H26ClNO7. The summed E-state index contributed by atoms with van der Waals surface area (Å²) < 4.78 is 29.1. The minimum Gasteiger partial charge on any atom is -0.453 e. The Hall–Kier alpha value is -2.49. The first-order chi connectivity index (χ1) is 15.8. The van der Waals surface area contributed by atoms with Gasteiger partial charge in [0, 0.05) is 17.7 Å². The Morgan fingerprint density at radius 2 is 1.82 bits per heavy atom. The molecule has 9 heteroatoms. The van der Waals surface area contributed by atoms with Crippen LogP contribution in [0.5, 0.6) is 0 Å². The number of benzene rings is 2. The summed E-state index contributed by atoms with van der Waals surface area (Å²) >= 11 is 6.03. The molecule has 8 nitrogen and oxygen atoms in total. The van der Waals surface area contributed by atoms with Gasteiger partial charge in [-0.1, -0.05) is 35.9 Å². The van der Waals surface area contributed by atoms with Gasteiger partial charge in [0.25, 0.3) is 5.91 Å². The lowest BCUT2D eigenvalue weighted by Gasteiger charge is -2.27. The smallest absolute Gasteiger partial charge is 0.338 e. The van der Waals surface area contributed by atoms with Crippen molar-refractivity contribution in [2.75, 3.05) is 13.7 Å². The normalized spacial score (nSPS) is 28.4. The van der Waals surface area contributed by atoms with E-state index >= 15 is 0 Å². The van der Waals surface area contributed by atoms with E-state index in [0.717, 1.165) is 0 Å². The predicted molar refractivity (Wildman–Crippen MR) is 119 cm³/mol. The third-order valence-corrected chi connectivity index (χ3v) is 5.76. The summed E-state index contributed by atoms with van der Waals surface area (Å²) in [5, 5.41) is 3.30. The maximum absolute atomic E-state index is 13.0. The summed E-state index contributed by atoms with van der Waals surface area (Å²) in [6, 6.07) is 14.4. The number of ether oxygens (including phenoxy) is 5. The number of rotatable bonds is 6. The number of carbonyl (C=O) groups is 2. The standard InChI is InChI=1S/C24H26ClNO7/c1-24(2)30-13-17(33-24)19-20(31-22(28)15-10-7-11-16(25)12-15)18(23(29-3)32-19)26-21(27)14-8-5-4-6-9-14/h4-12,17-20,23H,13H2,1-3H3,(H,26,27)/t17-,18+,19-,20+,23+/m1/s1. The van der Waals surface area contributed by atoms with E-state index in [2.05, 4.69) is 5.32 Å². The Morgan fingerprint density at radius 3 is 2.45 bits per heavy atom. The lowest BCUT2D eigenvalue weighted by Crippen LogP contribution is -2.51. The Morgan fingerprint density at radius 1 is 1.09 bits per heavy atom. The summed E-state index contributed by atoms with van der Waals surface area (Å²) in [6.45, 7) is 3.81. The van der Waals surface area contributed by atoms with Crippen LogP contribution in [0.3, 0.4) is 0 Å². The second-order valence-electron chi connectivity index (χ2n) is 8.32.